The van der Waals surface area contributed by atoms with Gasteiger partial charge in [0.15, 0.2) is 5.79 Å². The molecule has 3 atom stereocenters. The first-order valence-electron chi connectivity index (χ1n) is 22.9. The highest BCUT2D eigenvalue weighted by atomic mass is 16.7. The normalized spacial score (nSPS) is 19.4. The molecule has 4 aromatic carbocycles. The van der Waals surface area contributed by atoms with Crippen molar-refractivity contribution in [2.45, 2.75) is 108 Å². The topological polar surface area (TPSA) is 167 Å². The smallest absolute Gasteiger partial charge is 0.413 e. The Morgan fingerprint density at radius 2 is 1.49 bits per heavy atom. The van der Waals surface area contributed by atoms with Gasteiger partial charge >= 0.3 is 12.2 Å². The Balaban J connectivity index is 1.11. The number of hydrogen-bond donors (Lipinski definition) is 3. The zero-order valence-electron chi connectivity index (χ0n) is 37.4. The second kappa shape index (κ2) is 19.5. The van der Waals surface area contributed by atoms with Crippen LogP contribution in [0.2, 0.25) is 0 Å². The van der Waals surface area contributed by atoms with Gasteiger partial charge in [0, 0.05) is 29.8 Å². The van der Waals surface area contributed by atoms with Crippen LogP contribution in [0.1, 0.15) is 99.9 Å². The number of hydrogen-bond acceptors (Lipinski definition) is 8. The zero-order chi connectivity index (χ0) is 45.7. The average molecular weight is 886 g/mol. The van der Waals surface area contributed by atoms with Crippen molar-refractivity contribution in [1.29, 1.82) is 0 Å². The molecule has 1 aliphatic carbocycles. The number of amides is 5. The molecule has 342 valence electrons. The van der Waals surface area contributed by atoms with Gasteiger partial charge in [0.25, 0.3) is 5.91 Å². The number of nitrogens with one attached hydrogen (secondary N) is 2. The Hall–Kier alpha value is -6.25. The van der Waals surface area contributed by atoms with E-state index in [2.05, 4.69) is 30.5 Å². The number of rotatable bonds is 15. The van der Waals surface area contributed by atoms with Gasteiger partial charge < -0.3 is 39.8 Å². The molecule has 0 bridgehead atoms. The first-order valence-corrected chi connectivity index (χ1v) is 22.9. The van der Waals surface area contributed by atoms with Crippen molar-refractivity contribution in [3.63, 3.8) is 0 Å². The number of ether oxygens (including phenoxy) is 3. The van der Waals surface area contributed by atoms with Gasteiger partial charge in [0.05, 0.1) is 33.3 Å². The van der Waals surface area contributed by atoms with Gasteiger partial charge in [-0.3, -0.25) is 19.3 Å². The first kappa shape index (κ1) is 45.3. The third-order valence-electron chi connectivity index (χ3n) is 13.6. The molecular formula is C51H59N5O9. The minimum absolute atomic E-state index is 0.145. The molecule has 3 N–H and O–H groups in total. The average Bonchev–Trinajstić information content (AvgIpc) is 4.13. The van der Waals surface area contributed by atoms with Gasteiger partial charge in [0.1, 0.15) is 18.2 Å². The SMILES string of the molecule is CCCCC1(CCCC)c2cc(NC(=O)[C@@H]3CC4(CN3C(=O)Cc3ccccc3)OCCO4)ccc2-c2ccc(N(C(=O)O)[C@H]3CCCN3C(=O)[C@H](NC(=O)OC)c3ccccc3)cc21. The molecule has 3 heterocycles. The molecule has 4 aliphatic rings. The van der Waals surface area contributed by atoms with Gasteiger partial charge in [-0.2, -0.15) is 0 Å². The lowest BCUT2D eigenvalue weighted by Crippen LogP contribution is -2.53. The Bertz CT molecular complexity index is 2380. The Morgan fingerprint density at radius 1 is 0.846 bits per heavy atom. The van der Waals surface area contributed by atoms with Crippen LogP contribution < -0.4 is 15.5 Å². The minimum Gasteiger partial charge on any atom is -0.465 e. The summed E-state index contributed by atoms with van der Waals surface area (Å²) in [5.41, 5.74) is 6.03. The van der Waals surface area contributed by atoms with Crippen LogP contribution >= 0.6 is 0 Å². The van der Waals surface area contributed by atoms with Gasteiger partial charge in [-0.25, -0.2) is 9.59 Å². The van der Waals surface area contributed by atoms with Crippen molar-refractivity contribution in [1.82, 2.24) is 15.1 Å². The number of likely N-dealkylation sites (tertiary alicyclic amines) is 2. The summed E-state index contributed by atoms with van der Waals surface area (Å²) in [7, 11) is 1.23. The van der Waals surface area contributed by atoms with E-state index in [4.69, 9.17) is 14.2 Å². The Labute approximate surface area is 380 Å². The lowest BCUT2D eigenvalue weighted by atomic mass is 9.70. The molecule has 8 rings (SSSR count). The molecule has 5 amide bonds. The van der Waals surface area contributed by atoms with Crippen molar-refractivity contribution >= 4 is 41.3 Å². The highest BCUT2D eigenvalue weighted by Crippen LogP contribution is 2.56. The number of carbonyl (C=O) groups is 5. The fourth-order valence-electron chi connectivity index (χ4n) is 10.4. The summed E-state index contributed by atoms with van der Waals surface area (Å²) in [4.78, 5) is 73.0. The van der Waals surface area contributed by atoms with E-state index in [0.717, 1.165) is 66.3 Å². The van der Waals surface area contributed by atoms with Crippen molar-refractivity contribution in [3.8, 4) is 11.1 Å². The van der Waals surface area contributed by atoms with Crippen LogP contribution in [0.15, 0.2) is 97.1 Å². The quantitative estimate of drug-likeness (QED) is 0.106. The summed E-state index contributed by atoms with van der Waals surface area (Å²) in [6.45, 7) is 5.57. The van der Waals surface area contributed by atoms with Crippen molar-refractivity contribution in [2.75, 3.05) is 43.6 Å². The van der Waals surface area contributed by atoms with Gasteiger partial charge in [0.2, 0.25) is 11.8 Å². The summed E-state index contributed by atoms with van der Waals surface area (Å²) in [5, 5.41) is 16.8. The van der Waals surface area contributed by atoms with Crippen LogP contribution in [0.25, 0.3) is 11.1 Å². The van der Waals surface area contributed by atoms with Crippen LogP contribution in [0.4, 0.5) is 21.0 Å². The fraction of sp³-hybridized carbons (Fsp3) is 0.431. The number of unbranched alkanes of at least 4 members (excludes halogenated alkanes) is 2. The van der Waals surface area contributed by atoms with Crippen LogP contribution in [-0.2, 0) is 40.4 Å². The molecule has 3 fully saturated rings. The molecule has 0 saturated carbocycles. The number of fused-ring (bicyclic) bond motifs is 3. The third-order valence-corrected chi connectivity index (χ3v) is 13.6. The maximum Gasteiger partial charge on any atom is 0.413 e. The van der Waals surface area contributed by atoms with E-state index >= 15 is 0 Å². The molecule has 0 unspecified atom stereocenters. The summed E-state index contributed by atoms with van der Waals surface area (Å²) in [6, 6.07) is 28.2. The van der Waals surface area contributed by atoms with E-state index in [1.165, 1.54) is 12.0 Å². The second-order valence-corrected chi connectivity index (χ2v) is 17.6. The number of methoxy groups -OCH3 is 1. The molecule has 3 saturated heterocycles. The van der Waals surface area contributed by atoms with E-state index in [9.17, 15) is 29.1 Å². The van der Waals surface area contributed by atoms with Crippen molar-refractivity contribution in [2.24, 2.45) is 0 Å². The maximum absolute atomic E-state index is 14.4. The van der Waals surface area contributed by atoms with E-state index < -0.39 is 47.5 Å². The maximum atomic E-state index is 14.4. The number of nitrogens with zero attached hydrogens (tertiary/aromatic N) is 3. The monoisotopic (exact) mass is 885 g/mol. The minimum atomic E-state index is -1.20. The van der Waals surface area contributed by atoms with Gasteiger partial charge in [-0.1, -0.05) is 112 Å². The molecule has 4 aromatic rings. The number of carboxylic acid groups (broad SMARTS) is 1. The summed E-state index contributed by atoms with van der Waals surface area (Å²) in [5.74, 6) is -1.97. The van der Waals surface area contributed by atoms with E-state index in [1.807, 2.05) is 66.7 Å². The molecule has 1 spiro atoms. The predicted octanol–water partition coefficient (Wildman–Crippen LogP) is 8.39. The highest BCUT2D eigenvalue weighted by molar-refractivity contribution is 5.99. The number of anilines is 2. The molecule has 65 heavy (non-hydrogen) atoms. The number of benzene rings is 4. The number of alkyl carbamates (subject to hydrolysis) is 1. The van der Waals surface area contributed by atoms with Gasteiger partial charge in [-0.05, 0) is 83.3 Å². The lowest BCUT2D eigenvalue weighted by Gasteiger charge is -2.37. The summed E-state index contributed by atoms with van der Waals surface area (Å²) < 4.78 is 16.9. The predicted molar refractivity (Wildman–Crippen MR) is 245 cm³/mol. The fourth-order valence-corrected chi connectivity index (χ4v) is 10.4. The zero-order valence-corrected chi connectivity index (χ0v) is 37.4. The van der Waals surface area contributed by atoms with Crippen LogP contribution in [0.3, 0.4) is 0 Å². The second-order valence-electron chi connectivity index (χ2n) is 17.6. The molecular weight excluding hydrogens is 827 g/mol. The van der Waals surface area contributed by atoms with Gasteiger partial charge in [-0.15, -0.1) is 0 Å². The van der Waals surface area contributed by atoms with Crippen molar-refractivity contribution in [3.05, 3.63) is 119 Å². The Morgan fingerprint density at radius 3 is 2.14 bits per heavy atom. The molecule has 3 aliphatic heterocycles. The van der Waals surface area contributed by atoms with E-state index in [1.54, 1.807) is 34.1 Å². The van der Waals surface area contributed by atoms with Crippen LogP contribution in [0, 0.1) is 0 Å². The molecule has 14 nitrogen and oxygen atoms in total. The molecule has 0 radical (unpaired) electrons. The highest BCUT2D eigenvalue weighted by Gasteiger charge is 2.53. The number of carbonyl (C=O) groups excluding carboxylic acids is 4. The lowest BCUT2D eigenvalue weighted by molar-refractivity contribution is -0.152. The van der Waals surface area contributed by atoms with Crippen molar-refractivity contribution < 1.29 is 43.3 Å². The first-order chi connectivity index (χ1) is 31.5. The standard InChI is InChI=1S/C51H59N5O9/c1-4-6-24-50(25-7-5-2)40-30-36(52-46(58)42-32-51(64-27-28-65-51)33-55(42)44(57)29-34-15-10-8-11-16-34)20-22-38(40)39-23-21-37(31-41(39)50)56(49(61)62)43-19-14-26-54(43)47(59)45(53-48(60)63-3)35-17-12-9-13-18-35/h8-13,15-18,20-23,30-31,42-43,45H,4-7,14,19,24-29,32-33H2,1-3H3,(H,52,58)(H,53,60)(H,61,62)/t42-,43-,45+/m0/s1. The molecule has 14 heteroatoms. The largest absolute Gasteiger partial charge is 0.465 e. The molecule has 0 aromatic heterocycles. The van der Waals surface area contributed by atoms with E-state index in [0.29, 0.717) is 49.5 Å². The van der Waals surface area contributed by atoms with Crippen LogP contribution in [0.5, 0.6) is 0 Å². The van der Waals surface area contributed by atoms with E-state index in [-0.39, 0.29) is 31.2 Å². The Kier molecular flexibility index (Phi) is 13.6. The summed E-state index contributed by atoms with van der Waals surface area (Å²) >= 11 is 0. The van der Waals surface area contributed by atoms with Crippen LogP contribution in [-0.4, -0.2) is 96.2 Å². The third kappa shape index (κ3) is 9.06. The summed E-state index contributed by atoms with van der Waals surface area (Å²) in [6.07, 6.45) is 3.84.